The Morgan fingerprint density at radius 3 is 2.06 bits per heavy atom. The van der Waals surface area contributed by atoms with Gasteiger partial charge in [0.2, 0.25) is 0 Å². The van der Waals surface area contributed by atoms with E-state index in [1.54, 1.807) is 11.0 Å². The first-order valence-electron chi connectivity index (χ1n) is 5.21. The van der Waals surface area contributed by atoms with Gasteiger partial charge in [-0.15, -0.1) is 0 Å². The van der Waals surface area contributed by atoms with Gasteiger partial charge >= 0.3 is 11.9 Å². The molecule has 6 nitrogen and oxygen atoms in total. The lowest BCUT2D eigenvalue weighted by Crippen LogP contribution is -2.29. The fraction of sp³-hybridized carbons (Fsp3) is 0.545. The van der Waals surface area contributed by atoms with Gasteiger partial charge in [-0.2, -0.15) is 5.26 Å². The Bertz CT molecular complexity index is 389. The molecule has 17 heavy (non-hydrogen) atoms. The Morgan fingerprint density at radius 1 is 1.12 bits per heavy atom. The Labute approximate surface area is 99.4 Å². The topological polar surface area (TPSA) is 79.6 Å². The van der Waals surface area contributed by atoms with Gasteiger partial charge in [-0.3, -0.25) is 0 Å². The molecule has 1 aliphatic rings. The first kappa shape index (κ1) is 13.0. The standard InChI is InChI=1S/C11H14N2O4/c1-16-10(14)8(7-12)9(11(15)17-2)13-5-3-4-6-13/h3-6H2,1-2H3/b9-8+. The van der Waals surface area contributed by atoms with E-state index in [-0.39, 0.29) is 11.3 Å². The van der Waals surface area contributed by atoms with Gasteiger partial charge in [0.25, 0.3) is 0 Å². The van der Waals surface area contributed by atoms with Crippen LogP contribution in [0.5, 0.6) is 0 Å². The highest BCUT2D eigenvalue weighted by Gasteiger charge is 2.29. The zero-order chi connectivity index (χ0) is 12.8. The van der Waals surface area contributed by atoms with E-state index in [0.29, 0.717) is 13.1 Å². The Kier molecular flexibility index (Phi) is 4.52. The van der Waals surface area contributed by atoms with Crippen LogP contribution in [0.15, 0.2) is 11.3 Å². The highest BCUT2D eigenvalue weighted by Crippen LogP contribution is 2.19. The van der Waals surface area contributed by atoms with Crippen LogP contribution < -0.4 is 0 Å². The Morgan fingerprint density at radius 2 is 1.65 bits per heavy atom. The summed E-state index contributed by atoms with van der Waals surface area (Å²) in [5.41, 5.74) is -0.305. The molecule has 0 radical (unpaired) electrons. The number of hydrogen-bond acceptors (Lipinski definition) is 6. The van der Waals surface area contributed by atoms with Crippen LogP contribution in [0.4, 0.5) is 0 Å². The number of nitriles is 1. The van der Waals surface area contributed by atoms with Crippen LogP contribution in [-0.2, 0) is 19.1 Å². The molecule has 1 heterocycles. The quantitative estimate of drug-likeness (QED) is 0.397. The number of carbonyl (C=O) groups excluding carboxylic acids is 2. The van der Waals surface area contributed by atoms with Crippen molar-refractivity contribution in [2.24, 2.45) is 0 Å². The van der Waals surface area contributed by atoms with E-state index in [1.807, 2.05) is 0 Å². The summed E-state index contributed by atoms with van der Waals surface area (Å²) in [4.78, 5) is 24.7. The number of hydrogen-bond donors (Lipinski definition) is 0. The minimum absolute atomic E-state index is 0.000602. The van der Waals surface area contributed by atoms with Crippen LogP contribution in [0.2, 0.25) is 0 Å². The monoisotopic (exact) mass is 238 g/mol. The first-order valence-corrected chi connectivity index (χ1v) is 5.21. The number of carbonyl (C=O) groups is 2. The van der Waals surface area contributed by atoms with Crippen molar-refractivity contribution in [2.45, 2.75) is 12.8 Å². The maximum Gasteiger partial charge on any atom is 0.356 e. The van der Waals surface area contributed by atoms with E-state index >= 15 is 0 Å². The van der Waals surface area contributed by atoms with Gasteiger partial charge in [0.1, 0.15) is 11.8 Å². The van der Waals surface area contributed by atoms with Crippen molar-refractivity contribution in [1.29, 1.82) is 5.26 Å². The molecule has 0 N–H and O–H groups in total. The fourth-order valence-electron chi connectivity index (χ4n) is 1.72. The lowest BCUT2D eigenvalue weighted by atomic mass is 10.2. The predicted molar refractivity (Wildman–Crippen MR) is 57.5 cm³/mol. The summed E-state index contributed by atoms with van der Waals surface area (Å²) in [6, 6.07) is 1.71. The molecule has 0 atom stereocenters. The highest BCUT2D eigenvalue weighted by molar-refractivity contribution is 6.02. The van der Waals surface area contributed by atoms with Crippen LogP contribution in [0.3, 0.4) is 0 Å². The maximum absolute atomic E-state index is 11.6. The summed E-state index contributed by atoms with van der Waals surface area (Å²) in [5, 5.41) is 8.96. The van der Waals surface area contributed by atoms with Crippen molar-refractivity contribution in [3.8, 4) is 6.07 Å². The van der Waals surface area contributed by atoms with Gasteiger partial charge in [-0.25, -0.2) is 9.59 Å². The van der Waals surface area contributed by atoms with Crippen molar-refractivity contribution >= 4 is 11.9 Å². The van der Waals surface area contributed by atoms with Gasteiger partial charge in [0.15, 0.2) is 5.57 Å². The number of nitrogens with zero attached hydrogens (tertiary/aromatic N) is 2. The molecular formula is C11H14N2O4. The molecule has 6 heteroatoms. The largest absolute Gasteiger partial charge is 0.465 e. The summed E-state index contributed by atoms with van der Waals surface area (Å²) in [6.45, 7) is 1.26. The average Bonchev–Trinajstić information content (AvgIpc) is 2.87. The predicted octanol–water partition coefficient (Wildman–Crippen LogP) is 0.206. The minimum atomic E-state index is -0.820. The molecule has 0 aromatic carbocycles. The van der Waals surface area contributed by atoms with Gasteiger partial charge in [-0.05, 0) is 12.8 Å². The van der Waals surface area contributed by atoms with Gasteiger partial charge in [0, 0.05) is 13.1 Å². The molecule has 0 aromatic heterocycles. The van der Waals surface area contributed by atoms with Crippen LogP contribution in [0.25, 0.3) is 0 Å². The number of rotatable bonds is 3. The van der Waals surface area contributed by atoms with Crippen LogP contribution in [0.1, 0.15) is 12.8 Å². The lowest BCUT2D eigenvalue weighted by Gasteiger charge is -2.20. The molecule has 1 rings (SSSR count). The number of likely N-dealkylation sites (tertiary alicyclic amines) is 1. The van der Waals surface area contributed by atoms with Crippen molar-refractivity contribution in [1.82, 2.24) is 4.90 Å². The Hall–Kier alpha value is -2.03. The van der Waals surface area contributed by atoms with E-state index in [1.165, 1.54) is 14.2 Å². The second-order valence-electron chi connectivity index (χ2n) is 3.51. The molecule has 1 fully saturated rings. The summed E-state index contributed by atoms with van der Waals surface area (Å²) in [6.07, 6.45) is 1.83. The van der Waals surface area contributed by atoms with Crippen LogP contribution in [0, 0.1) is 11.3 Å². The number of methoxy groups -OCH3 is 2. The zero-order valence-electron chi connectivity index (χ0n) is 9.86. The van der Waals surface area contributed by atoms with Gasteiger partial charge in [-0.1, -0.05) is 0 Å². The van der Waals surface area contributed by atoms with Crippen molar-refractivity contribution in [2.75, 3.05) is 27.3 Å². The Balaban J connectivity index is 3.18. The third-order valence-corrected chi connectivity index (χ3v) is 2.54. The molecule has 0 amide bonds. The van der Waals surface area contributed by atoms with Gasteiger partial charge in [0.05, 0.1) is 14.2 Å². The van der Waals surface area contributed by atoms with Crippen LogP contribution in [-0.4, -0.2) is 44.1 Å². The number of ether oxygens (including phenoxy) is 2. The molecule has 0 aliphatic carbocycles. The summed E-state index contributed by atoms with van der Waals surface area (Å²) >= 11 is 0. The highest BCUT2D eigenvalue weighted by atomic mass is 16.5. The van der Waals surface area contributed by atoms with E-state index in [0.717, 1.165) is 12.8 Å². The van der Waals surface area contributed by atoms with E-state index in [4.69, 9.17) is 5.26 Å². The maximum atomic E-state index is 11.6. The molecular weight excluding hydrogens is 224 g/mol. The molecule has 0 unspecified atom stereocenters. The number of esters is 2. The zero-order valence-corrected chi connectivity index (χ0v) is 9.86. The van der Waals surface area contributed by atoms with Crippen molar-refractivity contribution < 1.29 is 19.1 Å². The molecule has 1 aliphatic heterocycles. The fourth-order valence-corrected chi connectivity index (χ4v) is 1.72. The van der Waals surface area contributed by atoms with Crippen molar-refractivity contribution in [3.05, 3.63) is 11.3 Å². The second kappa shape index (κ2) is 5.89. The average molecular weight is 238 g/mol. The van der Waals surface area contributed by atoms with Crippen LogP contribution >= 0.6 is 0 Å². The smallest absolute Gasteiger partial charge is 0.356 e. The SMILES string of the molecule is COC(=O)/C(C#N)=C(\C(=O)OC)N1CCCC1. The molecule has 92 valence electrons. The second-order valence-corrected chi connectivity index (χ2v) is 3.51. The van der Waals surface area contributed by atoms with E-state index < -0.39 is 11.9 Å². The molecule has 0 spiro atoms. The summed E-state index contributed by atoms with van der Waals surface area (Å²) in [5.74, 6) is -1.51. The first-order chi connectivity index (χ1) is 8.15. The third-order valence-electron chi connectivity index (χ3n) is 2.54. The normalized spacial score (nSPS) is 15.9. The molecule has 0 bridgehead atoms. The molecule has 0 saturated carbocycles. The summed E-state index contributed by atoms with van der Waals surface area (Å²) in [7, 11) is 2.38. The third kappa shape index (κ3) is 2.75. The van der Waals surface area contributed by atoms with E-state index in [9.17, 15) is 9.59 Å². The van der Waals surface area contributed by atoms with Crippen molar-refractivity contribution in [3.63, 3.8) is 0 Å². The summed E-state index contributed by atoms with van der Waals surface area (Å²) < 4.78 is 9.09. The van der Waals surface area contributed by atoms with E-state index in [2.05, 4.69) is 9.47 Å². The molecule has 1 saturated heterocycles. The van der Waals surface area contributed by atoms with Gasteiger partial charge < -0.3 is 14.4 Å². The molecule has 0 aromatic rings. The minimum Gasteiger partial charge on any atom is -0.465 e. The lowest BCUT2D eigenvalue weighted by molar-refractivity contribution is -0.140.